The molecule has 1 aliphatic heterocycles. The van der Waals surface area contributed by atoms with Gasteiger partial charge in [0, 0.05) is 78.4 Å². The number of methoxy groups -OCH3 is 1. The fraction of sp³-hybridized carbons (Fsp3) is 0.757. The topological polar surface area (TPSA) is 146 Å². The van der Waals surface area contributed by atoms with E-state index in [-0.39, 0.29) is 66.2 Å². The summed E-state index contributed by atoms with van der Waals surface area (Å²) in [5.41, 5.74) is 8.06. The second-order valence-corrected chi connectivity index (χ2v) is 14.1. The van der Waals surface area contributed by atoms with Gasteiger partial charge in [0.15, 0.2) is 0 Å². The van der Waals surface area contributed by atoms with E-state index < -0.39 is 12.1 Å². The molecule has 4 unspecified atom stereocenters. The zero-order valence-corrected chi connectivity index (χ0v) is 33.2. The van der Waals surface area contributed by atoms with Gasteiger partial charge in [0.25, 0.3) is 5.91 Å². The van der Waals surface area contributed by atoms with Gasteiger partial charge < -0.3 is 35.8 Å². The maximum Gasteiger partial charge on any atom is 0.255 e. The number of nitrogens with two attached hydrogens (primary N) is 1. The number of piperazine rings is 1. The molecule has 1 aromatic carbocycles. The first kappa shape index (κ1) is 47.8. The van der Waals surface area contributed by atoms with E-state index in [0.717, 1.165) is 44.3 Å². The Kier molecular flexibility index (Phi) is 24.6. The van der Waals surface area contributed by atoms with Crippen LogP contribution in [-0.2, 0) is 20.9 Å². The molecule has 1 fully saturated rings. The van der Waals surface area contributed by atoms with Gasteiger partial charge in [-0.05, 0) is 67.6 Å². The van der Waals surface area contributed by atoms with Crippen molar-refractivity contribution in [1.82, 2.24) is 20.4 Å². The van der Waals surface area contributed by atoms with E-state index in [0.29, 0.717) is 70.1 Å². The van der Waals surface area contributed by atoms with E-state index in [2.05, 4.69) is 36.3 Å². The number of aliphatic hydroxyl groups excluding tert-OH is 1. The summed E-state index contributed by atoms with van der Waals surface area (Å²) >= 11 is 0. The number of nitrogens with zero attached hydrogens (tertiary/aromatic N) is 2. The molecule has 0 radical (unpaired) electrons. The second kappa shape index (κ2) is 25.7. The van der Waals surface area contributed by atoms with E-state index in [1.165, 1.54) is 0 Å². The Balaban J connectivity index is 0.0000120. The van der Waals surface area contributed by atoms with Crippen LogP contribution < -0.4 is 21.1 Å². The number of benzene rings is 1. The van der Waals surface area contributed by atoms with Crippen molar-refractivity contribution in [1.29, 1.82) is 0 Å². The van der Waals surface area contributed by atoms with E-state index in [1.807, 2.05) is 36.9 Å². The molecule has 2 rings (SSSR count). The molecule has 5 N–H and O–H groups in total. The van der Waals surface area contributed by atoms with Crippen molar-refractivity contribution < 1.29 is 29.0 Å². The number of halogens is 2. The van der Waals surface area contributed by atoms with Crippen LogP contribution in [0, 0.1) is 23.7 Å². The van der Waals surface area contributed by atoms with Gasteiger partial charge in [0.1, 0.15) is 5.75 Å². The lowest BCUT2D eigenvalue weighted by atomic mass is 9.83. The average molecular weight is 749 g/mol. The third-order valence-corrected chi connectivity index (χ3v) is 9.52. The Bertz CT molecular complexity index is 1120. The first-order chi connectivity index (χ1) is 22.9. The Morgan fingerprint density at radius 3 is 2.18 bits per heavy atom. The summed E-state index contributed by atoms with van der Waals surface area (Å²) in [4.78, 5) is 42.3. The molecule has 11 nitrogen and oxygen atoms in total. The Morgan fingerprint density at radius 2 is 1.60 bits per heavy atom. The number of carbonyl (C=O) groups is 3. The summed E-state index contributed by atoms with van der Waals surface area (Å²) in [7, 11) is 1.68. The molecule has 13 heteroatoms. The summed E-state index contributed by atoms with van der Waals surface area (Å²) in [6.07, 6.45) is 3.58. The predicted molar refractivity (Wildman–Crippen MR) is 205 cm³/mol. The summed E-state index contributed by atoms with van der Waals surface area (Å²) in [5.74, 6) is 0.408. The molecular weight excluding hydrogens is 681 g/mol. The number of hydrogen-bond donors (Lipinski definition) is 4. The van der Waals surface area contributed by atoms with Crippen LogP contribution in [0.1, 0.15) is 96.0 Å². The van der Waals surface area contributed by atoms with Gasteiger partial charge >= 0.3 is 0 Å². The number of hydrogen-bond acceptors (Lipinski definition) is 8. The smallest absolute Gasteiger partial charge is 0.255 e. The standard InChI is InChI=1S/C37H65N5O6.2ClH/c1-8-9-14-39-37(46)32(27(4)5)23-34(44)33(38)22-30(26(2)3)24-40-36(45)31-13-12-29(21-35(31)48-20-11-10-19-47-7)25-41-15-17-42(18-16-41)28(6)43;;/h12-13,21,26-27,30,32-34,44H,8-11,14-20,22-25,38H2,1-7H3,(H,39,46)(H,40,45);2*1H. The first-order valence-corrected chi connectivity index (χ1v) is 18.1. The van der Waals surface area contributed by atoms with E-state index >= 15 is 0 Å². The monoisotopic (exact) mass is 747 g/mol. The number of rotatable bonds is 22. The number of carbonyl (C=O) groups excluding carboxylic acids is 3. The molecule has 1 heterocycles. The Hall–Kier alpha value is -2.15. The first-order valence-electron chi connectivity index (χ1n) is 18.1. The van der Waals surface area contributed by atoms with Gasteiger partial charge in [-0.25, -0.2) is 0 Å². The zero-order chi connectivity index (χ0) is 35.6. The molecule has 50 heavy (non-hydrogen) atoms. The van der Waals surface area contributed by atoms with E-state index in [1.54, 1.807) is 14.0 Å². The van der Waals surface area contributed by atoms with Crippen LogP contribution >= 0.6 is 24.8 Å². The lowest BCUT2D eigenvalue weighted by Gasteiger charge is -2.34. The molecule has 1 aromatic rings. The minimum Gasteiger partial charge on any atom is -0.493 e. The molecule has 1 aliphatic rings. The van der Waals surface area contributed by atoms with Crippen molar-refractivity contribution in [2.45, 2.75) is 98.8 Å². The van der Waals surface area contributed by atoms with Gasteiger partial charge in [-0.3, -0.25) is 19.3 Å². The molecule has 0 bridgehead atoms. The number of nitrogens with one attached hydrogen (secondary N) is 2. The predicted octanol–water partition coefficient (Wildman–Crippen LogP) is 4.66. The highest BCUT2D eigenvalue weighted by Crippen LogP contribution is 2.25. The van der Waals surface area contributed by atoms with Gasteiger partial charge in [-0.2, -0.15) is 0 Å². The van der Waals surface area contributed by atoms with Gasteiger partial charge in [0.2, 0.25) is 11.8 Å². The normalized spacial score (nSPS) is 15.8. The molecule has 4 atom stereocenters. The molecule has 0 saturated carbocycles. The molecule has 3 amide bonds. The third-order valence-electron chi connectivity index (χ3n) is 9.52. The molecule has 0 aromatic heterocycles. The van der Waals surface area contributed by atoms with Crippen molar-refractivity contribution in [3.63, 3.8) is 0 Å². The molecule has 290 valence electrons. The minimum absolute atomic E-state index is 0. The maximum atomic E-state index is 13.6. The summed E-state index contributed by atoms with van der Waals surface area (Å²) < 4.78 is 11.3. The second-order valence-electron chi connectivity index (χ2n) is 14.1. The zero-order valence-electron chi connectivity index (χ0n) is 31.6. The van der Waals surface area contributed by atoms with Gasteiger partial charge in [-0.1, -0.05) is 47.1 Å². The number of amides is 3. The van der Waals surface area contributed by atoms with Crippen LogP contribution in [0.25, 0.3) is 0 Å². The van der Waals surface area contributed by atoms with Crippen LogP contribution in [-0.4, -0.2) is 104 Å². The third kappa shape index (κ3) is 16.9. The fourth-order valence-electron chi connectivity index (χ4n) is 6.04. The number of unbranched alkanes of at least 4 members (excludes halogenated alkanes) is 2. The number of ether oxygens (including phenoxy) is 2. The van der Waals surface area contributed by atoms with Crippen LogP contribution in [0.3, 0.4) is 0 Å². The highest BCUT2D eigenvalue weighted by atomic mass is 35.5. The maximum absolute atomic E-state index is 13.6. The largest absolute Gasteiger partial charge is 0.493 e. The van der Waals surface area contributed by atoms with Crippen molar-refractivity contribution >= 4 is 42.5 Å². The summed E-state index contributed by atoms with van der Waals surface area (Å²) in [5, 5.41) is 17.2. The van der Waals surface area contributed by atoms with Crippen molar-refractivity contribution in [3.05, 3.63) is 29.3 Å². The van der Waals surface area contributed by atoms with Crippen LogP contribution in [0.15, 0.2) is 18.2 Å². The SMILES string of the molecule is CCCCNC(=O)C(CC(O)C(N)CC(CNC(=O)c1ccc(CN2CCN(C(C)=O)CC2)cc1OCCCCOC)C(C)C)C(C)C.Cl.Cl. The summed E-state index contributed by atoms with van der Waals surface area (Å²) in [6, 6.07) is 5.23. The minimum atomic E-state index is -0.831. The summed E-state index contributed by atoms with van der Waals surface area (Å²) in [6.45, 7) is 17.8. The lowest BCUT2D eigenvalue weighted by molar-refractivity contribution is -0.130. The van der Waals surface area contributed by atoms with E-state index in [9.17, 15) is 19.5 Å². The van der Waals surface area contributed by atoms with Crippen molar-refractivity contribution in [2.24, 2.45) is 29.4 Å². The number of aliphatic hydroxyl groups is 1. The van der Waals surface area contributed by atoms with Crippen LogP contribution in [0.5, 0.6) is 5.75 Å². The molecular formula is C37H67Cl2N5O6. The molecule has 0 spiro atoms. The Morgan fingerprint density at radius 1 is 0.940 bits per heavy atom. The average Bonchev–Trinajstić information content (AvgIpc) is 3.05. The Labute approximate surface area is 314 Å². The van der Waals surface area contributed by atoms with Gasteiger partial charge in [-0.15, -0.1) is 24.8 Å². The van der Waals surface area contributed by atoms with E-state index in [4.69, 9.17) is 15.2 Å². The van der Waals surface area contributed by atoms with Crippen molar-refractivity contribution in [2.75, 3.05) is 59.6 Å². The van der Waals surface area contributed by atoms with Crippen molar-refractivity contribution in [3.8, 4) is 5.75 Å². The lowest BCUT2D eigenvalue weighted by Crippen LogP contribution is -2.47. The highest BCUT2D eigenvalue weighted by Gasteiger charge is 2.30. The molecule has 0 aliphatic carbocycles. The fourth-order valence-corrected chi connectivity index (χ4v) is 6.04. The van der Waals surface area contributed by atoms with Crippen LogP contribution in [0.4, 0.5) is 0 Å². The van der Waals surface area contributed by atoms with Crippen LogP contribution in [0.2, 0.25) is 0 Å². The van der Waals surface area contributed by atoms with Gasteiger partial charge in [0.05, 0.1) is 18.3 Å². The quantitative estimate of drug-likeness (QED) is 0.125. The molecule has 1 saturated heterocycles. The highest BCUT2D eigenvalue weighted by molar-refractivity contribution is 5.97.